The van der Waals surface area contributed by atoms with E-state index in [0.717, 1.165) is 0 Å². The summed E-state index contributed by atoms with van der Waals surface area (Å²) in [5, 5.41) is 21.8. The number of aliphatic carboxylic acids is 1. The molecule has 1 rings (SSSR count). The predicted molar refractivity (Wildman–Crippen MR) is 74.8 cm³/mol. The fourth-order valence-electron chi connectivity index (χ4n) is 1.50. The fraction of sp³-hybridized carbons (Fsp3) is 0.333. The molecule has 0 unspecified atom stereocenters. The Kier molecular flexibility index (Phi) is 6.51. The van der Waals surface area contributed by atoms with Gasteiger partial charge in [0.15, 0.2) is 0 Å². The molecule has 20 heavy (non-hydrogen) atoms. The Labute approximate surface area is 119 Å². The number of amides is 1. The van der Waals surface area contributed by atoms with Gasteiger partial charge in [-0.25, -0.2) is 0 Å². The second-order valence-corrected chi connectivity index (χ2v) is 4.96. The van der Waals surface area contributed by atoms with E-state index < -0.39 is 10.9 Å². The fourth-order valence-corrected chi connectivity index (χ4v) is 2.06. The topological polar surface area (TPSA) is 110 Å². The van der Waals surface area contributed by atoms with Gasteiger partial charge in [-0.3, -0.25) is 19.7 Å². The maximum absolute atomic E-state index is 11.6. The molecule has 0 heterocycles. The van der Waals surface area contributed by atoms with Gasteiger partial charge in [0, 0.05) is 23.9 Å². The highest BCUT2D eigenvalue weighted by atomic mass is 32.2. The molecule has 8 heteroatoms. The van der Waals surface area contributed by atoms with Crippen molar-refractivity contribution in [2.24, 2.45) is 0 Å². The number of nitrogens with zero attached hydrogens (tertiary/aromatic N) is 1. The average molecular weight is 298 g/mol. The summed E-state index contributed by atoms with van der Waals surface area (Å²) < 4.78 is 0. The van der Waals surface area contributed by atoms with Crippen molar-refractivity contribution in [3.8, 4) is 0 Å². The van der Waals surface area contributed by atoms with Crippen molar-refractivity contribution < 1.29 is 19.6 Å². The summed E-state index contributed by atoms with van der Waals surface area (Å²) in [6, 6.07) is 6.07. The van der Waals surface area contributed by atoms with Gasteiger partial charge in [-0.1, -0.05) is 18.2 Å². The van der Waals surface area contributed by atoms with Crippen LogP contribution >= 0.6 is 11.8 Å². The van der Waals surface area contributed by atoms with Crippen LogP contribution in [0, 0.1) is 10.1 Å². The Balaban J connectivity index is 2.39. The minimum absolute atomic E-state index is 0.0139. The summed E-state index contributed by atoms with van der Waals surface area (Å²) in [6.07, 6.45) is -0.0687. The molecule has 1 aromatic carbocycles. The molecule has 0 radical (unpaired) electrons. The lowest BCUT2D eigenvalue weighted by atomic mass is 10.1. The molecule has 0 fully saturated rings. The van der Waals surface area contributed by atoms with Gasteiger partial charge in [-0.05, 0) is 0 Å². The smallest absolute Gasteiger partial charge is 0.313 e. The minimum atomic E-state index is -0.902. The molecule has 0 aliphatic heterocycles. The van der Waals surface area contributed by atoms with Crippen molar-refractivity contribution in [3.63, 3.8) is 0 Å². The van der Waals surface area contributed by atoms with Crippen molar-refractivity contribution in [2.45, 2.75) is 6.42 Å². The Morgan fingerprint density at radius 3 is 2.70 bits per heavy atom. The molecule has 0 saturated carbocycles. The van der Waals surface area contributed by atoms with Gasteiger partial charge in [0.1, 0.15) is 0 Å². The molecular weight excluding hydrogens is 284 g/mol. The Morgan fingerprint density at radius 1 is 1.35 bits per heavy atom. The molecule has 2 N–H and O–H groups in total. The number of rotatable bonds is 8. The molecule has 108 valence electrons. The number of thioether (sulfide) groups is 1. The van der Waals surface area contributed by atoms with Crippen molar-refractivity contribution in [1.29, 1.82) is 0 Å². The Hall–Kier alpha value is -2.09. The van der Waals surface area contributed by atoms with E-state index in [9.17, 15) is 19.7 Å². The number of hydrogen-bond donors (Lipinski definition) is 2. The van der Waals surface area contributed by atoms with E-state index in [4.69, 9.17) is 5.11 Å². The summed E-state index contributed by atoms with van der Waals surface area (Å²) in [6.45, 7) is 0.331. The van der Waals surface area contributed by atoms with Crippen molar-refractivity contribution >= 4 is 29.3 Å². The van der Waals surface area contributed by atoms with Crippen LogP contribution in [0.3, 0.4) is 0 Å². The Morgan fingerprint density at radius 2 is 2.05 bits per heavy atom. The molecule has 1 aromatic rings. The van der Waals surface area contributed by atoms with E-state index >= 15 is 0 Å². The van der Waals surface area contributed by atoms with Gasteiger partial charge in [0.2, 0.25) is 5.91 Å². The number of hydrogen-bond acceptors (Lipinski definition) is 5. The van der Waals surface area contributed by atoms with Gasteiger partial charge >= 0.3 is 5.97 Å². The van der Waals surface area contributed by atoms with Crippen LogP contribution in [0.15, 0.2) is 24.3 Å². The third-order valence-corrected chi connectivity index (χ3v) is 3.28. The van der Waals surface area contributed by atoms with Crippen molar-refractivity contribution in [2.75, 3.05) is 18.1 Å². The second kappa shape index (κ2) is 8.16. The Bertz CT molecular complexity index is 506. The van der Waals surface area contributed by atoms with E-state index in [1.54, 1.807) is 12.1 Å². The highest BCUT2D eigenvalue weighted by Gasteiger charge is 2.14. The van der Waals surface area contributed by atoms with Crippen LogP contribution in [0.5, 0.6) is 0 Å². The summed E-state index contributed by atoms with van der Waals surface area (Å²) in [4.78, 5) is 32.2. The highest BCUT2D eigenvalue weighted by molar-refractivity contribution is 7.99. The monoisotopic (exact) mass is 298 g/mol. The number of carboxylic acids is 1. The van der Waals surface area contributed by atoms with E-state index in [-0.39, 0.29) is 23.8 Å². The second-order valence-electron chi connectivity index (χ2n) is 3.86. The summed E-state index contributed by atoms with van der Waals surface area (Å²) in [5.41, 5.74) is 0.274. The third-order valence-electron chi connectivity index (χ3n) is 2.33. The predicted octanol–water partition coefficient (Wildman–Crippen LogP) is 1.07. The van der Waals surface area contributed by atoms with Crippen LogP contribution in [-0.2, 0) is 16.0 Å². The van der Waals surface area contributed by atoms with Crippen molar-refractivity contribution in [3.05, 3.63) is 39.9 Å². The molecule has 0 spiro atoms. The van der Waals surface area contributed by atoms with Gasteiger partial charge in [-0.2, -0.15) is 0 Å². The molecule has 0 atom stereocenters. The number of carbonyl (C=O) groups is 2. The average Bonchev–Trinajstić information content (AvgIpc) is 2.38. The van der Waals surface area contributed by atoms with Crippen molar-refractivity contribution in [1.82, 2.24) is 5.32 Å². The standard InChI is InChI=1S/C12H14N2O5S/c15-11(13-5-6-20-8-12(16)17)7-9-3-1-2-4-10(9)14(18)19/h1-4H,5-8H2,(H,13,15)(H,16,17). The summed E-state index contributed by atoms with van der Waals surface area (Å²) in [7, 11) is 0. The van der Waals surface area contributed by atoms with Crippen LogP contribution in [0.1, 0.15) is 5.56 Å². The lowest BCUT2D eigenvalue weighted by Crippen LogP contribution is -2.27. The SMILES string of the molecule is O=C(O)CSCCNC(=O)Cc1ccccc1[N+](=O)[O-]. The zero-order chi connectivity index (χ0) is 15.0. The molecule has 0 aromatic heterocycles. The highest BCUT2D eigenvalue weighted by Crippen LogP contribution is 2.17. The van der Waals surface area contributed by atoms with Gasteiger partial charge in [-0.15, -0.1) is 11.8 Å². The number of benzene rings is 1. The third kappa shape index (κ3) is 5.70. The maximum Gasteiger partial charge on any atom is 0.313 e. The molecule has 0 aliphatic carbocycles. The van der Waals surface area contributed by atoms with E-state index in [1.807, 2.05) is 0 Å². The van der Waals surface area contributed by atoms with Crippen LogP contribution in [0.25, 0.3) is 0 Å². The summed E-state index contributed by atoms with van der Waals surface area (Å²) >= 11 is 1.20. The first-order valence-corrected chi connectivity index (χ1v) is 6.94. The molecule has 0 aliphatic rings. The first kappa shape index (κ1) is 16.0. The minimum Gasteiger partial charge on any atom is -0.481 e. The maximum atomic E-state index is 11.6. The first-order valence-electron chi connectivity index (χ1n) is 5.79. The molecule has 1 amide bonds. The molecule has 7 nitrogen and oxygen atoms in total. The normalized spacial score (nSPS) is 10.0. The van der Waals surface area contributed by atoms with Gasteiger partial charge in [0.05, 0.1) is 17.1 Å². The van der Waals surface area contributed by atoms with Crippen LogP contribution in [0.2, 0.25) is 0 Å². The van der Waals surface area contributed by atoms with Crippen LogP contribution in [0.4, 0.5) is 5.69 Å². The number of nitro groups is 1. The number of nitro benzene ring substituents is 1. The quantitative estimate of drug-likeness (QED) is 0.422. The number of carboxylic acid groups (broad SMARTS) is 1. The lowest BCUT2D eigenvalue weighted by molar-refractivity contribution is -0.385. The molecular formula is C12H14N2O5S. The van der Waals surface area contributed by atoms with Crippen LogP contribution in [-0.4, -0.2) is 40.0 Å². The number of nitrogens with one attached hydrogen (secondary N) is 1. The first-order chi connectivity index (χ1) is 9.50. The van der Waals surface area contributed by atoms with Crippen LogP contribution < -0.4 is 5.32 Å². The number of carbonyl (C=O) groups excluding carboxylic acids is 1. The van der Waals surface area contributed by atoms with Gasteiger partial charge in [0.25, 0.3) is 5.69 Å². The number of para-hydroxylation sites is 1. The molecule has 0 bridgehead atoms. The lowest BCUT2D eigenvalue weighted by Gasteiger charge is -2.05. The van der Waals surface area contributed by atoms with E-state index in [2.05, 4.69) is 5.32 Å². The largest absolute Gasteiger partial charge is 0.481 e. The van der Waals surface area contributed by atoms with Gasteiger partial charge < -0.3 is 10.4 Å². The van der Waals surface area contributed by atoms with E-state index in [1.165, 1.54) is 23.9 Å². The summed E-state index contributed by atoms with van der Waals surface area (Å²) in [5.74, 6) is -0.758. The zero-order valence-corrected chi connectivity index (χ0v) is 11.4. The molecule has 0 saturated heterocycles. The van der Waals surface area contributed by atoms with E-state index in [0.29, 0.717) is 17.9 Å². The zero-order valence-electron chi connectivity index (χ0n) is 10.6.